The van der Waals surface area contributed by atoms with Crippen molar-refractivity contribution in [2.75, 3.05) is 5.73 Å². The summed E-state index contributed by atoms with van der Waals surface area (Å²) in [4.78, 5) is 4.27. The van der Waals surface area contributed by atoms with Crippen molar-refractivity contribution in [2.24, 2.45) is 0 Å². The van der Waals surface area contributed by atoms with Crippen LogP contribution >= 0.6 is 11.6 Å². The van der Waals surface area contributed by atoms with Crippen LogP contribution in [0.15, 0.2) is 42.6 Å². The Bertz CT molecular complexity index is 690. The molecule has 0 atom stereocenters. The zero-order chi connectivity index (χ0) is 11.8. The molecule has 0 spiro atoms. The number of benzene rings is 1. The molecular weight excluding hydrogens is 236 g/mol. The maximum absolute atomic E-state index is 5.97. The van der Waals surface area contributed by atoms with Crippen molar-refractivity contribution in [3.63, 3.8) is 0 Å². The van der Waals surface area contributed by atoms with E-state index in [2.05, 4.69) is 10.1 Å². The van der Waals surface area contributed by atoms with Crippen LogP contribution in [0.2, 0.25) is 5.02 Å². The van der Waals surface area contributed by atoms with Gasteiger partial charge < -0.3 is 5.73 Å². The first kappa shape index (κ1) is 10.1. The summed E-state index contributed by atoms with van der Waals surface area (Å²) in [6.07, 6.45) is 1.76. The third kappa shape index (κ3) is 1.72. The summed E-state index contributed by atoms with van der Waals surface area (Å²) in [6.45, 7) is 0. The molecule has 4 nitrogen and oxygen atoms in total. The van der Waals surface area contributed by atoms with Gasteiger partial charge in [-0.1, -0.05) is 23.7 Å². The number of nitrogens with zero attached hydrogens (tertiary/aromatic N) is 3. The monoisotopic (exact) mass is 244 g/mol. The van der Waals surface area contributed by atoms with E-state index in [0.717, 1.165) is 16.9 Å². The number of fused-ring (bicyclic) bond motifs is 1. The molecule has 2 N–H and O–H groups in total. The number of nitrogen functional groups attached to an aromatic ring is 1. The van der Waals surface area contributed by atoms with Gasteiger partial charge in [-0.05, 0) is 24.3 Å². The number of aromatic nitrogens is 3. The largest absolute Gasteiger partial charge is 0.382 e. The highest BCUT2D eigenvalue weighted by Gasteiger charge is 2.07. The van der Waals surface area contributed by atoms with Gasteiger partial charge in [0.2, 0.25) is 0 Å². The first-order valence-corrected chi connectivity index (χ1v) is 5.48. The van der Waals surface area contributed by atoms with Crippen LogP contribution in [0, 0.1) is 0 Å². The molecule has 2 aromatic heterocycles. The number of nitrogens with two attached hydrogens (primary N) is 1. The summed E-state index contributed by atoms with van der Waals surface area (Å²) in [7, 11) is 0. The lowest BCUT2D eigenvalue weighted by Crippen LogP contribution is -1.98. The van der Waals surface area contributed by atoms with Crippen LogP contribution < -0.4 is 5.73 Å². The van der Waals surface area contributed by atoms with Crippen molar-refractivity contribution in [2.45, 2.75) is 0 Å². The van der Waals surface area contributed by atoms with Gasteiger partial charge in [0.15, 0.2) is 5.65 Å². The molecule has 17 heavy (non-hydrogen) atoms. The zero-order valence-electron chi connectivity index (χ0n) is 8.84. The minimum atomic E-state index is 0.457. The van der Waals surface area contributed by atoms with E-state index in [4.69, 9.17) is 17.3 Å². The lowest BCUT2D eigenvalue weighted by molar-refractivity contribution is 0.952. The van der Waals surface area contributed by atoms with Crippen molar-refractivity contribution in [3.05, 3.63) is 47.6 Å². The van der Waals surface area contributed by atoms with E-state index in [-0.39, 0.29) is 0 Å². The van der Waals surface area contributed by atoms with Crippen LogP contribution in [-0.2, 0) is 0 Å². The van der Waals surface area contributed by atoms with Crippen LogP contribution in [0.5, 0.6) is 0 Å². The molecule has 0 saturated carbocycles. The molecule has 84 valence electrons. The molecule has 3 aromatic rings. The molecule has 0 radical (unpaired) electrons. The second kappa shape index (κ2) is 3.75. The van der Waals surface area contributed by atoms with Crippen LogP contribution in [0.4, 0.5) is 5.82 Å². The van der Waals surface area contributed by atoms with Crippen LogP contribution in [0.3, 0.4) is 0 Å². The summed E-state index contributed by atoms with van der Waals surface area (Å²) in [5, 5.41) is 4.91. The van der Waals surface area contributed by atoms with Gasteiger partial charge in [0.1, 0.15) is 5.82 Å². The van der Waals surface area contributed by atoms with Gasteiger partial charge in [-0.15, -0.1) is 5.10 Å². The second-order valence-electron chi connectivity index (χ2n) is 3.68. The van der Waals surface area contributed by atoms with Crippen LogP contribution in [0.25, 0.3) is 16.9 Å². The summed E-state index contributed by atoms with van der Waals surface area (Å²) in [5.74, 6) is 0.457. The van der Waals surface area contributed by atoms with Crippen LogP contribution in [-0.4, -0.2) is 14.6 Å². The molecule has 0 saturated heterocycles. The Morgan fingerprint density at radius 3 is 2.88 bits per heavy atom. The molecule has 0 aliphatic heterocycles. The Morgan fingerprint density at radius 2 is 2.06 bits per heavy atom. The van der Waals surface area contributed by atoms with E-state index in [0.29, 0.717) is 10.8 Å². The molecule has 5 heteroatoms. The summed E-state index contributed by atoms with van der Waals surface area (Å²) < 4.78 is 1.71. The normalized spacial score (nSPS) is 10.9. The summed E-state index contributed by atoms with van der Waals surface area (Å²) >= 11 is 5.97. The molecule has 3 rings (SSSR count). The average molecular weight is 245 g/mol. The first-order chi connectivity index (χ1) is 8.24. The minimum absolute atomic E-state index is 0.457. The maximum Gasteiger partial charge on any atom is 0.154 e. The van der Waals surface area contributed by atoms with Crippen molar-refractivity contribution < 1.29 is 0 Å². The molecule has 0 aliphatic rings. The Balaban J connectivity index is 2.27. The SMILES string of the molecule is Nc1ccc2ncc(-c3cccc(Cl)c3)n2n1. The zero-order valence-corrected chi connectivity index (χ0v) is 9.59. The van der Waals surface area contributed by atoms with Gasteiger partial charge in [0, 0.05) is 10.6 Å². The number of rotatable bonds is 1. The standard InChI is InChI=1S/C12H9ClN4/c13-9-3-1-2-8(6-9)10-7-15-12-5-4-11(14)16-17(10)12/h1-7H,(H2,14,16). The van der Waals surface area contributed by atoms with E-state index >= 15 is 0 Å². The van der Waals surface area contributed by atoms with Gasteiger partial charge in [0.25, 0.3) is 0 Å². The predicted octanol–water partition coefficient (Wildman–Crippen LogP) is 2.63. The summed E-state index contributed by atoms with van der Waals surface area (Å²) in [6, 6.07) is 11.1. The number of hydrogen-bond acceptors (Lipinski definition) is 3. The van der Waals surface area contributed by atoms with Crippen molar-refractivity contribution in [1.82, 2.24) is 14.6 Å². The maximum atomic E-state index is 5.97. The highest BCUT2D eigenvalue weighted by atomic mass is 35.5. The summed E-state index contributed by atoms with van der Waals surface area (Å²) in [5.41, 5.74) is 8.26. The number of hydrogen-bond donors (Lipinski definition) is 1. The lowest BCUT2D eigenvalue weighted by atomic mass is 10.2. The van der Waals surface area contributed by atoms with Gasteiger partial charge >= 0.3 is 0 Å². The smallest absolute Gasteiger partial charge is 0.154 e. The third-order valence-corrected chi connectivity index (χ3v) is 2.74. The molecular formula is C12H9ClN4. The van der Waals surface area contributed by atoms with Crippen LogP contribution in [0.1, 0.15) is 0 Å². The number of halogens is 1. The average Bonchev–Trinajstić information content (AvgIpc) is 2.71. The third-order valence-electron chi connectivity index (χ3n) is 2.50. The molecule has 1 aromatic carbocycles. The molecule has 0 aliphatic carbocycles. The Morgan fingerprint density at radius 1 is 1.18 bits per heavy atom. The number of imidazole rings is 1. The number of anilines is 1. The molecule has 0 bridgehead atoms. The van der Waals surface area contributed by atoms with E-state index in [1.54, 1.807) is 16.8 Å². The fourth-order valence-electron chi connectivity index (χ4n) is 1.73. The van der Waals surface area contributed by atoms with Gasteiger partial charge in [-0.25, -0.2) is 9.50 Å². The van der Waals surface area contributed by atoms with Crippen molar-refractivity contribution in [1.29, 1.82) is 0 Å². The van der Waals surface area contributed by atoms with E-state index in [1.165, 1.54) is 0 Å². The molecule has 0 amide bonds. The topological polar surface area (TPSA) is 56.2 Å². The lowest BCUT2D eigenvalue weighted by Gasteiger charge is -2.02. The predicted molar refractivity (Wildman–Crippen MR) is 67.8 cm³/mol. The fourth-order valence-corrected chi connectivity index (χ4v) is 1.92. The van der Waals surface area contributed by atoms with Gasteiger partial charge in [0.05, 0.1) is 11.9 Å². The fraction of sp³-hybridized carbons (Fsp3) is 0. The Hall–Kier alpha value is -2.07. The molecule has 0 fully saturated rings. The van der Waals surface area contributed by atoms with Gasteiger partial charge in [-0.2, -0.15) is 0 Å². The highest BCUT2D eigenvalue weighted by molar-refractivity contribution is 6.30. The van der Waals surface area contributed by atoms with Crippen molar-refractivity contribution >= 4 is 23.1 Å². The second-order valence-corrected chi connectivity index (χ2v) is 4.12. The Labute approximate surface area is 103 Å². The van der Waals surface area contributed by atoms with Gasteiger partial charge in [-0.3, -0.25) is 0 Å². The van der Waals surface area contributed by atoms with Crippen molar-refractivity contribution in [3.8, 4) is 11.3 Å². The van der Waals surface area contributed by atoms with E-state index < -0.39 is 0 Å². The first-order valence-electron chi connectivity index (χ1n) is 5.10. The minimum Gasteiger partial charge on any atom is -0.382 e. The molecule has 0 unspecified atom stereocenters. The van der Waals surface area contributed by atoms with E-state index in [1.807, 2.05) is 30.3 Å². The molecule has 2 heterocycles. The quantitative estimate of drug-likeness (QED) is 0.716. The highest BCUT2D eigenvalue weighted by Crippen LogP contribution is 2.23. The van der Waals surface area contributed by atoms with E-state index in [9.17, 15) is 0 Å². The Kier molecular flexibility index (Phi) is 2.23.